The van der Waals surface area contributed by atoms with Gasteiger partial charge in [-0.25, -0.2) is 0 Å². The molecule has 3 aromatic rings. The molecule has 5 nitrogen and oxygen atoms in total. The minimum Gasteiger partial charge on any atom is -0.369 e. The van der Waals surface area contributed by atoms with E-state index in [-0.39, 0.29) is 0 Å². The molecule has 0 unspecified atom stereocenters. The third-order valence-electron chi connectivity index (χ3n) is 4.17. The third-order valence-corrected chi connectivity index (χ3v) is 4.76. The van der Waals surface area contributed by atoms with E-state index in [1.165, 1.54) is 12.8 Å². The Balaban J connectivity index is 1.37. The number of anilines is 1. The molecular formula is C17H17Cl2N5. The van der Waals surface area contributed by atoms with Crippen LogP contribution in [-0.4, -0.2) is 26.4 Å². The zero-order chi connectivity index (χ0) is 16.5. The minimum absolute atomic E-state index is 0.523. The average molecular weight is 362 g/mol. The summed E-state index contributed by atoms with van der Waals surface area (Å²) in [5, 5.41) is 17.8. The first-order valence-corrected chi connectivity index (χ1v) is 8.86. The predicted molar refractivity (Wildman–Crippen MR) is 96.0 cm³/mol. The largest absolute Gasteiger partial charge is 0.369 e. The highest BCUT2D eigenvalue weighted by Gasteiger charge is 2.29. The molecule has 0 spiro atoms. The van der Waals surface area contributed by atoms with Crippen LogP contribution in [0, 0.1) is 0 Å². The average Bonchev–Trinajstić information content (AvgIpc) is 3.33. The van der Waals surface area contributed by atoms with E-state index in [1.807, 2.05) is 28.8 Å². The molecule has 1 aromatic carbocycles. The van der Waals surface area contributed by atoms with Crippen molar-refractivity contribution in [2.24, 2.45) is 0 Å². The zero-order valence-electron chi connectivity index (χ0n) is 13.0. The van der Waals surface area contributed by atoms with Crippen molar-refractivity contribution in [3.05, 3.63) is 51.8 Å². The lowest BCUT2D eigenvalue weighted by molar-refractivity contribution is 0.804. The number of nitrogens with zero attached hydrogens (tertiary/aromatic N) is 4. The number of fused-ring (bicyclic) bond motifs is 1. The molecule has 4 rings (SSSR count). The van der Waals surface area contributed by atoms with Crippen molar-refractivity contribution in [1.82, 2.24) is 19.8 Å². The van der Waals surface area contributed by atoms with Crippen LogP contribution in [-0.2, 0) is 6.42 Å². The van der Waals surface area contributed by atoms with E-state index in [9.17, 15) is 0 Å². The van der Waals surface area contributed by atoms with Crippen LogP contribution in [0.3, 0.4) is 0 Å². The van der Waals surface area contributed by atoms with Gasteiger partial charge in [0.15, 0.2) is 11.5 Å². The van der Waals surface area contributed by atoms with Crippen LogP contribution >= 0.6 is 23.2 Å². The van der Waals surface area contributed by atoms with Gasteiger partial charge in [-0.15, -0.1) is 15.3 Å². The molecule has 1 aliphatic rings. The number of rotatable bonds is 6. The molecule has 1 aliphatic carbocycles. The number of aromatic nitrogens is 4. The Hall–Kier alpha value is -1.85. The van der Waals surface area contributed by atoms with Gasteiger partial charge in [0, 0.05) is 22.5 Å². The van der Waals surface area contributed by atoms with Gasteiger partial charge < -0.3 is 5.32 Å². The maximum absolute atomic E-state index is 6.20. The normalized spacial score (nSPS) is 14.2. The van der Waals surface area contributed by atoms with Gasteiger partial charge in [-0.3, -0.25) is 0 Å². The molecule has 1 N–H and O–H groups in total. The van der Waals surface area contributed by atoms with Crippen molar-refractivity contribution >= 4 is 34.7 Å². The Bertz CT molecular complexity index is 873. The van der Waals surface area contributed by atoms with Crippen LogP contribution in [0.2, 0.25) is 10.0 Å². The van der Waals surface area contributed by atoms with Crippen molar-refractivity contribution in [2.45, 2.75) is 31.6 Å². The topological polar surface area (TPSA) is 55.1 Å². The Labute approximate surface area is 150 Å². The summed E-state index contributed by atoms with van der Waals surface area (Å²) >= 11 is 12.1. The Morgan fingerprint density at radius 2 is 2.00 bits per heavy atom. The molecule has 0 saturated heterocycles. The highest BCUT2D eigenvalue weighted by Crippen LogP contribution is 2.38. The summed E-state index contributed by atoms with van der Waals surface area (Å²) in [6, 6.07) is 9.53. The highest BCUT2D eigenvalue weighted by atomic mass is 35.5. The smallest absolute Gasteiger partial charge is 0.178 e. The van der Waals surface area contributed by atoms with E-state index in [4.69, 9.17) is 23.2 Å². The second kappa shape index (κ2) is 6.57. The monoisotopic (exact) mass is 361 g/mol. The first-order chi connectivity index (χ1) is 11.7. The van der Waals surface area contributed by atoms with Gasteiger partial charge in [-0.1, -0.05) is 29.3 Å². The minimum atomic E-state index is 0.523. The number of benzene rings is 1. The van der Waals surface area contributed by atoms with Crippen molar-refractivity contribution < 1.29 is 0 Å². The zero-order valence-corrected chi connectivity index (χ0v) is 14.6. The maximum atomic E-state index is 6.20. The van der Waals surface area contributed by atoms with E-state index in [0.29, 0.717) is 10.9 Å². The Morgan fingerprint density at radius 1 is 1.12 bits per heavy atom. The summed E-state index contributed by atoms with van der Waals surface area (Å²) in [5.41, 5.74) is 1.91. The van der Waals surface area contributed by atoms with E-state index in [2.05, 4.69) is 20.6 Å². The van der Waals surface area contributed by atoms with Crippen LogP contribution < -0.4 is 5.32 Å². The molecule has 0 radical (unpaired) electrons. The molecule has 124 valence electrons. The Morgan fingerprint density at radius 3 is 2.79 bits per heavy atom. The fourth-order valence-corrected chi connectivity index (χ4v) is 3.22. The van der Waals surface area contributed by atoms with Crippen LogP contribution in [0.25, 0.3) is 5.65 Å². The number of halogens is 2. The summed E-state index contributed by atoms with van der Waals surface area (Å²) < 4.78 is 1.86. The molecule has 0 amide bonds. The fourth-order valence-electron chi connectivity index (χ4n) is 2.72. The van der Waals surface area contributed by atoms with Gasteiger partial charge in [0.05, 0.1) is 0 Å². The number of aryl methyl sites for hydroxylation is 1. The van der Waals surface area contributed by atoms with Crippen molar-refractivity contribution in [3.8, 4) is 0 Å². The fraction of sp³-hybridized carbons (Fsp3) is 0.353. The summed E-state index contributed by atoms with van der Waals surface area (Å²) in [7, 11) is 0. The first-order valence-electron chi connectivity index (χ1n) is 8.11. The summed E-state index contributed by atoms with van der Waals surface area (Å²) in [6.45, 7) is 0.818. The summed E-state index contributed by atoms with van der Waals surface area (Å²) in [4.78, 5) is 0. The van der Waals surface area contributed by atoms with Gasteiger partial charge in [0.2, 0.25) is 0 Å². The lowest BCUT2D eigenvalue weighted by atomic mass is 10.1. The number of hydrogen-bond acceptors (Lipinski definition) is 4. The van der Waals surface area contributed by atoms with E-state index in [0.717, 1.165) is 47.3 Å². The number of hydrogen-bond donors (Lipinski definition) is 1. The Kier molecular flexibility index (Phi) is 4.29. The molecule has 0 aliphatic heterocycles. The van der Waals surface area contributed by atoms with E-state index in [1.54, 1.807) is 6.07 Å². The molecule has 0 atom stereocenters. The molecule has 1 fully saturated rings. The van der Waals surface area contributed by atoms with E-state index < -0.39 is 0 Å². The molecule has 24 heavy (non-hydrogen) atoms. The lowest BCUT2D eigenvalue weighted by Crippen LogP contribution is -2.07. The van der Waals surface area contributed by atoms with Crippen molar-refractivity contribution in [3.63, 3.8) is 0 Å². The molecule has 2 heterocycles. The molecule has 7 heteroatoms. The van der Waals surface area contributed by atoms with Crippen molar-refractivity contribution in [1.29, 1.82) is 0 Å². The molecule has 0 bridgehead atoms. The van der Waals surface area contributed by atoms with Gasteiger partial charge in [-0.2, -0.15) is 4.52 Å². The second-order valence-corrected chi connectivity index (χ2v) is 6.93. The highest BCUT2D eigenvalue weighted by molar-refractivity contribution is 6.35. The van der Waals surface area contributed by atoms with Gasteiger partial charge in [0.1, 0.15) is 5.82 Å². The predicted octanol–water partition coefficient (Wildman–Crippen LogP) is 4.35. The third kappa shape index (κ3) is 3.32. The standard InChI is InChI=1S/C17H17Cl2N5/c18-13-6-5-11(14(19)10-13)2-1-9-20-15-7-8-16-21-22-17(12-3-4-12)24(16)23-15/h5-8,10,12H,1-4,9H2,(H,20,23). The lowest BCUT2D eigenvalue weighted by Gasteiger charge is -2.07. The first kappa shape index (κ1) is 15.7. The van der Waals surface area contributed by atoms with Crippen LogP contribution in [0.4, 0.5) is 5.82 Å². The van der Waals surface area contributed by atoms with E-state index >= 15 is 0 Å². The molecular weight excluding hydrogens is 345 g/mol. The summed E-state index contributed by atoms with van der Waals surface area (Å²) in [5.74, 6) is 2.34. The van der Waals surface area contributed by atoms with Gasteiger partial charge >= 0.3 is 0 Å². The quantitative estimate of drug-likeness (QED) is 0.663. The molecule has 2 aromatic heterocycles. The molecule has 1 saturated carbocycles. The van der Waals surface area contributed by atoms with Crippen LogP contribution in [0.1, 0.15) is 36.6 Å². The van der Waals surface area contributed by atoms with Gasteiger partial charge in [0.25, 0.3) is 0 Å². The summed E-state index contributed by atoms with van der Waals surface area (Å²) in [6.07, 6.45) is 4.22. The van der Waals surface area contributed by atoms with Gasteiger partial charge in [-0.05, 0) is 55.5 Å². The maximum Gasteiger partial charge on any atom is 0.178 e. The van der Waals surface area contributed by atoms with Crippen molar-refractivity contribution in [2.75, 3.05) is 11.9 Å². The second-order valence-electron chi connectivity index (χ2n) is 6.09. The van der Waals surface area contributed by atoms with Crippen LogP contribution in [0.5, 0.6) is 0 Å². The van der Waals surface area contributed by atoms with Crippen LogP contribution in [0.15, 0.2) is 30.3 Å². The number of nitrogens with one attached hydrogen (secondary N) is 1. The SMILES string of the molecule is Clc1ccc(CCCNc2ccc3nnc(C4CC4)n3n2)c(Cl)c1.